The SMILES string of the molecule is CNCC(C)C(=O)N(C)CC(=O)Nc1cc(F)cc(F)c1.Cl. The molecule has 2 N–H and O–H groups in total. The summed E-state index contributed by atoms with van der Waals surface area (Å²) < 4.78 is 26.0. The van der Waals surface area contributed by atoms with E-state index in [1.807, 2.05) is 0 Å². The zero-order valence-electron chi connectivity index (χ0n) is 12.7. The van der Waals surface area contributed by atoms with Crippen molar-refractivity contribution in [2.75, 3.05) is 32.5 Å². The van der Waals surface area contributed by atoms with Crippen LogP contribution in [0.5, 0.6) is 0 Å². The molecule has 124 valence electrons. The van der Waals surface area contributed by atoms with Crippen molar-refractivity contribution in [3.8, 4) is 0 Å². The lowest BCUT2D eigenvalue weighted by atomic mass is 10.1. The van der Waals surface area contributed by atoms with Gasteiger partial charge in [-0.05, 0) is 19.2 Å². The van der Waals surface area contributed by atoms with Crippen LogP contribution in [-0.4, -0.2) is 43.9 Å². The Morgan fingerprint density at radius 1 is 1.23 bits per heavy atom. The van der Waals surface area contributed by atoms with Gasteiger partial charge in [0.2, 0.25) is 11.8 Å². The minimum absolute atomic E-state index is 0. The molecule has 5 nitrogen and oxygen atoms in total. The molecule has 8 heteroatoms. The van der Waals surface area contributed by atoms with Crippen LogP contribution in [0.4, 0.5) is 14.5 Å². The highest BCUT2D eigenvalue weighted by atomic mass is 35.5. The number of anilines is 1. The number of benzene rings is 1. The van der Waals surface area contributed by atoms with Gasteiger partial charge in [-0.15, -0.1) is 12.4 Å². The molecule has 1 atom stereocenters. The van der Waals surface area contributed by atoms with E-state index in [0.717, 1.165) is 12.1 Å². The van der Waals surface area contributed by atoms with E-state index in [4.69, 9.17) is 0 Å². The second-order valence-electron chi connectivity index (χ2n) is 4.86. The van der Waals surface area contributed by atoms with E-state index >= 15 is 0 Å². The second-order valence-corrected chi connectivity index (χ2v) is 4.86. The van der Waals surface area contributed by atoms with E-state index in [0.29, 0.717) is 12.6 Å². The second kappa shape index (κ2) is 9.32. The molecular formula is C14H20ClF2N3O2. The van der Waals surface area contributed by atoms with Crippen molar-refractivity contribution in [2.45, 2.75) is 6.92 Å². The largest absolute Gasteiger partial charge is 0.336 e. The molecule has 0 aromatic heterocycles. The highest BCUT2D eigenvalue weighted by Crippen LogP contribution is 2.12. The van der Waals surface area contributed by atoms with Gasteiger partial charge < -0.3 is 15.5 Å². The van der Waals surface area contributed by atoms with Crippen molar-refractivity contribution >= 4 is 29.9 Å². The third-order valence-electron chi connectivity index (χ3n) is 2.84. The molecule has 0 spiro atoms. The van der Waals surface area contributed by atoms with E-state index < -0.39 is 17.5 Å². The molecule has 0 saturated carbocycles. The smallest absolute Gasteiger partial charge is 0.243 e. The molecule has 0 saturated heterocycles. The van der Waals surface area contributed by atoms with Crippen LogP contribution in [0.1, 0.15) is 6.92 Å². The summed E-state index contributed by atoms with van der Waals surface area (Å²) >= 11 is 0. The zero-order valence-corrected chi connectivity index (χ0v) is 13.5. The number of nitrogens with one attached hydrogen (secondary N) is 2. The lowest BCUT2D eigenvalue weighted by Crippen LogP contribution is -2.40. The van der Waals surface area contributed by atoms with E-state index in [1.54, 1.807) is 14.0 Å². The van der Waals surface area contributed by atoms with Gasteiger partial charge in [-0.1, -0.05) is 6.92 Å². The van der Waals surface area contributed by atoms with Crippen molar-refractivity contribution in [1.29, 1.82) is 0 Å². The number of carbonyl (C=O) groups is 2. The van der Waals surface area contributed by atoms with Gasteiger partial charge in [0.15, 0.2) is 0 Å². The molecule has 0 fully saturated rings. The number of amides is 2. The number of nitrogens with zero attached hydrogens (tertiary/aromatic N) is 1. The summed E-state index contributed by atoms with van der Waals surface area (Å²) in [5, 5.41) is 5.23. The summed E-state index contributed by atoms with van der Waals surface area (Å²) in [6, 6.07) is 2.73. The fraction of sp³-hybridized carbons (Fsp3) is 0.429. The van der Waals surface area contributed by atoms with Crippen LogP contribution in [-0.2, 0) is 9.59 Å². The van der Waals surface area contributed by atoms with E-state index in [1.165, 1.54) is 11.9 Å². The lowest BCUT2D eigenvalue weighted by Gasteiger charge is -2.20. The Morgan fingerprint density at radius 3 is 2.27 bits per heavy atom. The number of halogens is 3. The highest BCUT2D eigenvalue weighted by Gasteiger charge is 2.19. The van der Waals surface area contributed by atoms with Crippen LogP contribution in [0.25, 0.3) is 0 Å². The highest BCUT2D eigenvalue weighted by molar-refractivity contribution is 5.94. The Labute approximate surface area is 134 Å². The Kier molecular flexibility index (Phi) is 8.59. The maximum absolute atomic E-state index is 13.0. The van der Waals surface area contributed by atoms with Gasteiger partial charge in [0.25, 0.3) is 0 Å². The van der Waals surface area contributed by atoms with Crippen molar-refractivity contribution < 1.29 is 18.4 Å². The quantitative estimate of drug-likeness (QED) is 0.831. The van der Waals surface area contributed by atoms with E-state index in [-0.39, 0.29) is 36.5 Å². The molecule has 1 rings (SSSR count). The van der Waals surface area contributed by atoms with Gasteiger partial charge in [0.05, 0.1) is 6.54 Å². The van der Waals surface area contributed by atoms with Crippen LogP contribution in [0.2, 0.25) is 0 Å². The fourth-order valence-corrected chi connectivity index (χ4v) is 1.89. The molecule has 0 bridgehead atoms. The number of likely N-dealkylation sites (N-methyl/N-ethyl adjacent to an activating group) is 1. The van der Waals surface area contributed by atoms with Gasteiger partial charge in [0.1, 0.15) is 11.6 Å². The van der Waals surface area contributed by atoms with Crippen LogP contribution >= 0.6 is 12.4 Å². The Hall–Kier alpha value is -1.73. The topological polar surface area (TPSA) is 61.4 Å². The first kappa shape index (κ1) is 20.3. The van der Waals surface area contributed by atoms with E-state index in [9.17, 15) is 18.4 Å². The minimum Gasteiger partial charge on any atom is -0.336 e. The Balaban J connectivity index is 0.00000441. The monoisotopic (exact) mass is 335 g/mol. The molecule has 1 aromatic rings. The van der Waals surface area contributed by atoms with Crippen LogP contribution in [0.3, 0.4) is 0 Å². The predicted octanol–water partition coefficient (Wildman–Crippen LogP) is 1.64. The van der Waals surface area contributed by atoms with Gasteiger partial charge in [-0.3, -0.25) is 9.59 Å². The number of hydrogen-bond acceptors (Lipinski definition) is 3. The average molecular weight is 336 g/mol. The Morgan fingerprint density at radius 2 is 1.77 bits per heavy atom. The average Bonchev–Trinajstić information content (AvgIpc) is 2.36. The molecular weight excluding hydrogens is 316 g/mol. The van der Waals surface area contributed by atoms with Crippen LogP contribution < -0.4 is 10.6 Å². The molecule has 1 aromatic carbocycles. The fourth-order valence-electron chi connectivity index (χ4n) is 1.89. The van der Waals surface area contributed by atoms with Crippen molar-refractivity contribution in [3.63, 3.8) is 0 Å². The molecule has 0 heterocycles. The summed E-state index contributed by atoms with van der Waals surface area (Å²) in [7, 11) is 3.23. The molecule has 0 aliphatic carbocycles. The Bertz CT molecular complexity index is 509. The lowest BCUT2D eigenvalue weighted by molar-refractivity contribution is -0.136. The first-order valence-corrected chi connectivity index (χ1v) is 6.49. The van der Waals surface area contributed by atoms with Gasteiger partial charge in [-0.2, -0.15) is 0 Å². The molecule has 22 heavy (non-hydrogen) atoms. The number of rotatable bonds is 6. The molecule has 0 aliphatic heterocycles. The van der Waals surface area contributed by atoms with Crippen LogP contribution in [0.15, 0.2) is 18.2 Å². The molecule has 1 unspecified atom stereocenters. The van der Waals surface area contributed by atoms with Crippen molar-refractivity contribution in [2.24, 2.45) is 5.92 Å². The van der Waals surface area contributed by atoms with Crippen molar-refractivity contribution in [1.82, 2.24) is 10.2 Å². The number of hydrogen-bond donors (Lipinski definition) is 2. The van der Waals surface area contributed by atoms with Gasteiger partial charge in [0, 0.05) is 31.3 Å². The third-order valence-corrected chi connectivity index (χ3v) is 2.84. The summed E-state index contributed by atoms with van der Waals surface area (Å²) in [4.78, 5) is 25.0. The molecule has 0 aliphatic rings. The standard InChI is InChI=1S/C14H19F2N3O2.ClH/c1-9(7-17-2)14(21)19(3)8-13(20)18-12-5-10(15)4-11(16)6-12;/h4-6,9,17H,7-8H2,1-3H3,(H,18,20);1H. The van der Waals surface area contributed by atoms with Crippen LogP contribution in [0, 0.1) is 17.6 Å². The van der Waals surface area contributed by atoms with Gasteiger partial charge in [-0.25, -0.2) is 8.78 Å². The molecule has 0 radical (unpaired) electrons. The number of carbonyl (C=O) groups excluding carboxylic acids is 2. The van der Waals surface area contributed by atoms with Crippen molar-refractivity contribution in [3.05, 3.63) is 29.8 Å². The summed E-state index contributed by atoms with van der Waals surface area (Å²) in [6.07, 6.45) is 0. The maximum Gasteiger partial charge on any atom is 0.243 e. The first-order valence-electron chi connectivity index (χ1n) is 6.49. The van der Waals surface area contributed by atoms with E-state index in [2.05, 4.69) is 10.6 Å². The zero-order chi connectivity index (χ0) is 16.0. The first-order chi connectivity index (χ1) is 9.83. The van der Waals surface area contributed by atoms with Gasteiger partial charge >= 0.3 is 0 Å². The maximum atomic E-state index is 13.0. The predicted molar refractivity (Wildman–Crippen MR) is 83.0 cm³/mol. The summed E-state index contributed by atoms with van der Waals surface area (Å²) in [6.45, 7) is 2.06. The minimum atomic E-state index is -0.780. The third kappa shape index (κ3) is 6.36. The molecule has 2 amide bonds. The summed E-state index contributed by atoms with van der Waals surface area (Å²) in [5.41, 5.74) is 0.0154. The summed E-state index contributed by atoms with van der Waals surface area (Å²) in [5.74, 6) is -2.54. The normalized spacial score (nSPS) is 11.3.